The van der Waals surface area contributed by atoms with Crippen LogP contribution in [0.2, 0.25) is 0 Å². The number of sulfone groups is 1. The number of thiophene rings is 1. The molecule has 0 aromatic carbocycles. The van der Waals surface area contributed by atoms with Gasteiger partial charge in [-0.3, -0.25) is 4.79 Å². The van der Waals surface area contributed by atoms with Crippen LogP contribution in [0.25, 0.3) is 0 Å². The quantitative estimate of drug-likeness (QED) is 0.818. The molecule has 1 aliphatic rings. The molecule has 0 radical (unpaired) electrons. The third-order valence-electron chi connectivity index (χ3n) is 3.34. The zero-order valence-corrected chi connectivity index (χ0v) is 13.5. The lowest BCUT2D eigenvalue weighted by Crippen LogP contribution is -2.32. The summed E-state index contributed by atoms with van der Waals surface area (Å²) in [5.74, 6) is 5.34. The molecule has 21 heavy (non-hydrogen) atoms. The number of carbonyl (C=O) groups is 1. The average molecular weight is 326 g/mol. The summed E-state index contributed by atoms with van der Waals surface area (Å²) in [6.45, 7) is 0.796. The van der Waals surface area contributed by atoms with Gasteiger partial charge in [-0.05, 0) is 12.5 Å². The van der Waals surface area contributed by atoms with Crippen LogP contribution in [0.4, 0.5) is 0 Å². The predicted molar refractivity (Wildman–Crippen MR) is 83.5 cm³/mol. The van der Waals surface area contributed by atoms with Crippen LogP contribution in [0, 0.1) is 17.8 Å². The summed E-state index contributed by atoms with van der Waals surface area (Å²) >= 11 is 1.53. The van der Waals surface area contributed by atoms with E-state index in [2.05, 4.69) is 11.8 Å². The van der Waals surface area contributed by atoms with Gasteiger partial charge in [-0.15, -0.1) is 11.3 Å². The van der Waals surface area contributed by atoms with Crippen LogP contribution >= 0.6 is 11.3 Å². The van der Waals surface area contributed by atoms with Crippen molar-refractivity contribution >= 4 is 27.1 Å². The molecule has 1 unspecified atom stereocenters. The molecule has 2 N–H and O–H groups in total. The third kappa shape index (κ3) is 4.30. The van der Waals surface area contributed by atoms with Gasteiger partial charge < -0.3 is 10.6 Å². The molecule has 2 rings (SSSR count). The Morgan fingerprint density at radius 3 is 2.95 bits per heavy atom. The predicted octanol–water partition coefficient (Wildman–Crippen LogP) is 0.451. The molecule has 0 saturated carbocycles. The Hall–Kier alpha value is -1.36. The van der Waals surface area contributed by atoms with Gasteiger partial charge in [0.1, 0.15) is 0 Å². The summed E-state index contributed by atoms with van der Waals surface area (Å²) < 4.78 is 22.9. The van der Waals surface area contributed by atoms with Gasteiger partial charge in [0, 0.05) is 22.9 Å². The monoisotopic (exact) mass is 326 g/mol. The van der Waals surface area contributed by atoms with E-state index in [1.165, 1.54) is 11.3 Å². The largest absolute Gasteiger partial charge is 0.340 e. The Labute approximate surface area is 129 Å². The first-order valence-electron chi connectivity index (χ1n) is 6.63. The van der Waals surface area contributed by atoms with Crippen LogP contribution in [0.3, 0.4) is 0 Å². The average Bonchev–Trinajstić information content (AvgIpc) is 3.02. The van der Waals surface area contributed by atoms with Gasteiger partial charge in [0.15, 0.2) is 9.84 Å². The molecule has 1 amide bonds. The zero-order valence-electron chi connectivity index (χ0n) is 11.8. The van der Waals surface area contributed by atoms with E-state index in [1.807, 2.05) is 11.4 Å². The Balaban J connectivity index is 1.96. The number of rotatable bonds is 3. The molecule has 1 aromatic rings. The van der Waals surface area contributed by atoms with E-state index in [9.17, 15) is 13.2 Å². The summed E-state index contributed by atoms with van der Waals surface area (Å²) in [4.78, 5) is 14.9. The first-order chi connectivity index (χ1) is 9.91. The van der Waals surface area contributed by atoms with Gasteiger partial charge in [-0.2, -0.15) is 0 Å². The van der Waals surface area contributed by atoms with Crippen molar-refractivity contribution < 1.29 is 13.2 Å². The fourth-order valence-corrected chi connectivity index (χ4v) is 4.90. The molecule has 5 nitrogen and oxygen atoms in total. The van der Waals surface area contributed by atoms with Crippen LogP contribution in [-0.4, -0.2) is 44.3 Å². The highest BCUT2D eigenvalue weighted by Crippen LogP contribution is 2.22. The van der Waals surface area contributed by atoms with E-state index in [1.54, 1.807) is 11.9 Å². The van der Waals surface area contributed by atoms with E-state index < -0.39 is 15.8 Å². The van der Waals surface area contributed by atoms with E-state index in [0.717, 1.165) is 10.4 Å². The highest BCUT2D eigenvalue weighted by molar-refractivity contribution is 7.91. The topological polar surface area (TPSA) is 80.5 Å². The Bertz CT molecular complexity index is 683. The molecule has 0 aliphatic carbocycles. The van der Waals surface area contributed by atoms with E-state index in [-0.39, 0.29) is 17.4 Å². The summed E-state index contributed by atoms with van der Waals surface area (Å²) in [5.41, 5.74) is 6.22. The van der Waals surface area contributed by atoms with Gasteiger partial charge in [0.2, 0.25) is 5.91 Å². The molecule has 1 atom stereocenters. The summed E-state index contributed by atoms with van der Waals surface area (Å²) in [6, 6.07) is 1.93. The molecule has 1 aliphatic heterocycles. The van der Waals surface area contributed by atoms with Crippen molar-refractivity contribution in [3.63, 3.8) is 0 Å². The van der Waals surface area contributed by atoms with E-state index >= 15 is 0 Å². The Kier molecular flexibility index (Phi) is 5.04. The smallest absolute Gasteiger partial charge is 0.226 e. The van der Waals surface area contributed by atoms with Crippen LogP contribution in [0.1, 0.15) is 16.9 Å². The molecule has 2 heterocycles. The molecular weight excluding hydrogens is 308 g/mol. The number of amides is 1. The fraction of sp³-hybridized carbons (Fsp3) is 0.500. The highest BCUT2D eigenvalue weighted by atomic mass is 32.2. The molecule has 1 fully saturated rings. The molecule has 0 bridgehead atoms. The number of nitrogens with two attached hydrogens (primary N) is 1. The minimum Gasteiger partial charge on any atom is -0.340 e. The first-order valence-corrected chi connectivity index (χ1v) is 9.33. The van der Waals surface area contributed by atoms with Gasteiger partial charge in [0.05, 0.1) is 30.5 Å². The van der Waals surface area contributed by atoms with Crippen molar-refractivity contribution in [2.75, 3.05) is 25.1 Å². The maximum Gasteiger partial charge on any atom is 0.226 e. The molecular formula is C14H18N2O3S2. The van der Waals surface area contributed by atoms with E-state index in [4.69, 9.17) is 5.73 Å². The Morgan fingerprint density at radius 1 is 1.57 bits per heavy atom. The Morgan fingerprint density at radius 2 is 2.33 bits per heavy atom. The molecule has 1 saturated heterocycles. The van der Waals surface area contributed by atoms with Crippen molar-refractivity contribution in [1.82, 2.24) is 4.90 Å². The third-order valence-corrected chi connectivity index (χ3v) is 6.03. The molecule has 1 aromatic heterocycles. The van der Waals surface area contributed by atoms with Crippen molar-refractivity contribution in [2.24, 2.45) is 11.7 Å². The lowest BCUT2D eigenvalue weighted by Gasteiger charge is -2.19. The lowest BCUT2D eigenvalue weighted by molar-refractivity contribution is -0.133. The van der Waals surface area contributed by atoms with Gasteiger partial charge in [0.25, 0.3) is 0 Å². The normalized spacial score (nSPS) is 19.8. The summed E-state index contributed by atoms with van der Waals surface area (Å²) in [7, 11) is -1.32. The minimum absolute atomic E-state index is 0.0200. The lowest BCUT2D eigenvalue weighted by atomic mass is 10.1. The van der Waals surface area contributed by atoms with Crippen LogP contribution in [0.15, 0.2) is 11.4 Å². The van der Waals surface area contributed by atoms with Gasteiger partial charge in [-0.1, -0.05) is 11.8 Å². The number of nitrogens with zero attached hydrogens (tertiary/aromatic N) is 1. The molecule has 7 heteroatoms. The highest BCUT2D eigenvalue weighted by Gasteiger charge is 2.34. The first kappa shape index (κ1) is 16.0. The number of carbonyl (C=O) groups excluding carboxylic acids is 1. The number of hydrogen-bond acceptors (Lipinski definition) is 5. The van der Waals surface area contributed by atoms with Crippen molar-refractivity contribution in [2.45, 2.75) is 13.0 Å². The van der Waals surface area contributed by atoms with Crippen LogP contribution < -0.4 is 5.73 Å². The number of hydrogen-bond donors (Lipinski definition) is 1. The molecule has 114 valence electrons. The van der Waals surface area contributed by atoms with Crippen molar-refractivity contribution in [1.29, 1.82) is 0 Å². The van der Waals surface area contributed by atoms with E-state index in [0.29, 0.717) is 19.5 Å². The van der Waals surface area contributed by atoms with Gasteiger partial charge >= 0.3 is 0 Å². The maximum atomic E-state index is 12.2. The SMILES string of the molecule is CN(Cc1cc(C#CCN)cs1)C(=O)C1CCS(=O)(=O)C1. The summed E-state index contributed by atoms with van der Waals surface area (Å²) in [5, 5.41) is 1.93. The van der Waals surface area contributed by atoms with Crippen molar-refractivity contribution in [3.8, 4) is 11.8 Å². The van der Waals surface area contributed by atoms with Crippen molar-refractivity contribution in [3.05, 3.63) is 21.9 Å². The maximum absolute atomic E-state index is 12.2. The molecule has 0 spiro atoms. The zero-order chi connectivity index (χ0) is 15.5. The fourth-order valence-electron chi connectivity index (χ4n) is 2.30. The second-order valence-electron chi connectivity index (χ2n) is 5.10. The van der Waals surface area contributed by atoms with Crippen LogP contribution in [0.5, 0.6) is 0 Å². The van der Waals surface area contributed by atoms with Gasteiger partial charge in [-0.25, -0.2) is 8.42 Å². The minimum atomic E-state index is -3.03. The summed E-state index contributed by atoms with van der Waals surface area (Å²) in [6.07, 6.45) is 0.434. The second kappa shape index (κ2) is 6.60. The van der Waals surface area contributed by atoms with Crippen LogP contribution in [-0.2, 0) is 21.2 Å². The standard InChI is InChI=1S/C14H18N2O3S2/c1-16(14(17)12-4-6-21(18,19)10-12)8-13-7-11(9-20-13)3-2-5-15/h7,9,12H,4-6,8,10,15H2,1H3. The second-order valence-corrected chi connectivity index (χ2v) is 8.33.